The second kappa shape index (κ2) is 6.14. The first-order chi connectivity index (χ1) is 8.24. The fourth-order valence-electron chi connectivity index (χ4n) is 1.22. The normalized spacial score (nSPS) is 11.5. The molecule has 0 fully saturated rings. The molecule has 1 aromatic carbocycles. The highest BCUT2D eigenvalue weighted by Crippen LogP contribution is 2.28. The smallest absolute Gasteiger partial charge is 0.241 e. The van der Waals surface area contributed by atoms with Crippen LogP contribution in [-0.4, -0.2) is 20.9 Å². The van der Waals surface area contributed by atoms with Gasteiger partial charge in [-0.2, -0.15) is 0 Å². The van der Waals surface area contributed by atoms with Crippen LogP contribution in [0.25, 0.3) is 0 Å². The number of hydrogen-bond donors (Lipinski definition) is 2. The van der Waals surface area contributed by atoms with Crippen molar-refractivity contribution in [1.82, 2.24) is 4.72 Å². The monoisotopic (exact) mass is 398 g/mol. The van der Waals surface area contributed by atoms with E-state index in [0.29, 0.717) is 8.95 Å². The van der Waals surface area contributed by atoms with Crippen molar-refractivity contribution < 1.29 is 13.2 Å². The maximum absolute atomic E-state index is 12.0. The molecular weight excluding hydrogens is 388 g/mol. The number of rotatable bonds is 5. The minimum absolute atomic E-state index is 0.0183. The van der Waals surface area contributed by atoms with Gasteiger partial charge in [-0.1, -0.05) is 15.9 Å². The van der Waals surface area contributed by atoms with Crippen molar-refractivity contribution in [3.8, 4) is 0 Å². The molecule has 0 aliphatic heterocycles. The highest BCUT2D eigenvalue weighted by atomic mass is 79.9. The zero-order chi connectivity index (χ0) is 13.9. The third-order valence-electron chi connectivity index (χ3n) is 2.17. The van der Waals surface area contributed by atoms with Gasteiger partial charge in [-0.3, -0.25) is 4.79 Å². The van der Waals surface area contributed by atoms with Crippen LogP contribution in [0.4, 0.5) is 0 Å². The summed E-state index contributed by atoms with van der Waals surface area (Å²) in [5.41, 5.74) is 5.86. The van der Waals surface area contributed by atoms with Crippen LogP contribution in [0.1, 0.15) is 12.0 Å². The second-order valence-corrected chi connectivity index (χ2v) is 7.09. The zero-order valence-corrected chi connectivity index (χ0v) is 13.5. The Balaban J connectivity index is 2.98. The number of amides is 1. The molecule has 18 heavy (non-hydrogen) atoms. The van der Waals surface area contributed by atoms with Crippen molar-refractivity contribution in [3.05, 3.63) is 26.6 Å². The molecule has 100 valence electrons. The highest BCUT2D eigenvalue weighted by Gasteiger charge is 2.18. The fourth-order valence-corrected chi connectivity index (χ4v) is 3.93. The van der Waals surface area contributed by atoms with Crippen molar-refractivity contribution in [2.45, 2.75) is 18.2 Å². The van der Waals surface area contributed by atoms with E-state index in [0.717, 1.165) is 5.56 Å². The first-order valence-corrected chi connectivity index (χ1v) is 8.04. The van der Waals surface area contributed by atoms with E-state index in [9.17, 15) is 13.2 Å². The lowest BCUT2D eigenvalue weighted by Crippen LogP contribution is -2.28. The average Bonchev–Trinajstić information content (AvgIpc) is 2.22. The summed E-state index contributed by atoms with van der Waals surface area (Å²) in [6, 6.07) is 3.21. The number of sulfonamides is 1. The Morgan fingerprint density at radius 2 is 1.94 bits per heavy atom. The van der Waals surface area contributed by atoms with Gasteiger partial charge in [-0.05, 0) is 40.5 Å². The topological polar surface area (TPSA) is 89.3 Å². The molecule has 0 unspecified atom stereocenters. The SMILES string of the molecule is Cc1cc(Br)c(S(=O)(=O)NCCC(N)=O)cc1Br. The molecule has 1 aromatic rings. The number of carbonyl (C=O) groups is 1. The highest BCUT2D eigenvalue weighted by molar-refractivity contribution is 9.11. The summed E-state index contributed by atoms with van der Waals surface area (Å²) in [6.45, 7) is 1.83. The van der Waals surface area contributed by atoms with Crippen molar-refractivity contribution >= 4 is 47.8 Å². The van der Waals surface area contributed by atoms with Crippen LogP contribution in [0.15, 0.2) is 26.0 Å². The third kappa shape index (κ3) is 4.04. The molecule has 0 saturated heterocycles. The van der Waals surface area contributed by atoms with Gasteiger partial charge in [0.05, 0.1) is 4.90 Å². The van der Waals surface area contributed by atoms with Gasteiger partial charge in [-0.25, -0.2) is 13.1 Å². The third-order valence-corrected chi connectivity index (χ3v) is 5.44. The fraction of sp³-hybridized carbons (Fsp3) is 0.300. The number of nitrogens with one attached hydrogen (secondary N) is 1. The van der Waals surface area contributed by atoms with E-state index in [4.69, 9.17) is 5.73 Å². The molecule has 0 radical (unpaired) electrons. The maximum atomic E-state index is 12.0. The van der Waals surface area contributed by atoms with Crippen LogP contribution in [-0.2, 0) is 14.8 Å². The molecule has 0 aromatic heterocycles. The van der Waals surface area contributed by atoms with Crippen molar-refractivity contribution in [3.63, 3.8) is 0 Å². The Labute approximate surface area is 122 Å². The van der Waals surface area contributed by atoms with Gasteiger partial charge >= 0.3 is 0 Å². The van der Waals surface area contributed by atoms with Crippen LogP contribution in [0.5, 0.6) is 0 Å². The van der Waals surface area contributed by atoms with E-state index in [1.807, 2.05) is 6.92 Å². The van der Waals surface area contributed by atoms with Crippen LogP contribution in [0.2, 0.25) is 0 Å². The Kier molecular flexibility index (Phi) is 5.32. The molecule has 5 nitrogen and oxygen atoms in total. The first kappa shape index (κ1) is 15.6. The molecule has 0 spiro atoms. The maximum Gasteiger partial charge on any atom is 0.241 e. The van der Waals surface area contributed by atoms with Gasteiger partial charge in [0.15, 0.2) is 0 Å². The van der Waals surface area contributed by atoms with Crippen molar-refractivity contribution in [2.75, 3.05) is 6.54 Å². The standard InChI is InChI=1S/C10H12Br2N2O3S/c1-6-4-8(12)9(5-7(6)11)18(16,17)14-3-2-10(13)15/h4-5,14H,2-3H2,1H3,(H2,13,15). The molecule has 0 saturated carbocycles. The van der Waals surface area contributed by atoms with Crippen LogP contribution < -0.4 is 10.5 Å². The lowest BCUT2D eigenvalue weighted by molar-refractivity contribution is -0.117. The molecule has 0 aliphatic rings. The van der Waals surface area contributed by atoms with Gasteiger partial charge in [0.1, 0.15) is 0 Å². The van der Waals surface area contributed by atoms with E-state index in [1.54, 1.807) is 6.07 Å². The quantitative estimate of drug-likeness (QED) is 0.789. The molecule has 1 amide bonds. The van der Waals surface area contributed by atoms with Gasteiger partial charge in [0.2, 0.25) is 15.9 Å². The Morgan fingerprint density at radius 1 is 1.33 bits per heavy atom. The molecule has 3 N–H and O–H groups in total. The second-order valence-electron chi connectivity index (χ2n) is 3.65. The Hall–Kier alpha value is -0.440. The lowest BCUT2D eigenvalue weighted by atomic mass is 10.2. The number of primary amides is 1. The lowest BCUT2D eigenvalue weighted by Gasteiger charge is -2.09. The summed E-state index contributed by atoms with van der Waals surface area (Å²) in [7, 11) is -3.66. The summed E-state index contributed by atoms with van der Waals surface area (Å²) in [6.07, 6.45) is -0.0378. The predicted molar refractivity (Wildman–Crippen MR) is 75.6 cm³/mol. The van der Waals surface area contributed by atoms with Gasteiger partial charge in [-0.15, -0.1) is 0 Å². The molecular formula is C10H12Br2N2O3S. The number of benzene rings is 1. The van der Waals surface area contributed by atoms with Gasteiger partial charge in [0, 0.05) is 21.9 Å². The van der Waals surface area contributed by atoms with Crippen LogP contribution in [0.3, 0.4) is 0 Å². The first-order valence-electron chi connectivity index (χ1n) is 4.97. The molecule has 0 bridgehead atoms. The minimum Gasteiger partial charge on any atom is -0.370 e. The number of nitrogens with two attached hydrogens (primary N) is 1. The van der Waals surface area contributed by atoms with E-state index in [-0.39, 0.29) is 17.9 Å². The number of hydrogen-bond acceptors (Lipinski definition) is 3. The van der Waals surface area contributed by atoms with E-state index < -0.39 is 15.9 Å². The molecule has 0 atom stereocenters. The number of halogens is 2. The van der Waals surface area contributed by atoms with Gasteiger partial charge in [0.25, 0.3) is 0 Å². The minimum atomic E-state index is -3.66. The van der Waals surface area contributed by atoms with Gasteiger partial charge < -0.3 is 5.73 Å². The van der Waals surface area contributed by atoms with Crippen LogP contribution in [0, 0.1) is 6.92 Å². The summed E-state index contributed by atoms with van der Waals surface area (Å²) in [5, 5.41) is 0. The summed E-state index contributed by atoms with van der Waals surface area (Å²) in [4.78, 5) is 10.7. The number of aryl methyl sites for hydroxylation is 1. The van der Waals surface area contributed by atoms with E-state index in [1.165, 1.54) is 6.07 Å². The number of carbonyl (C=O) groups excluding carboxylic acids is 1. The van der Waals surface area contributed by atoms with E-state index >= 15 is 0 Å². The summed E-state index contributed by atoms with van der Waals surface area (Å²) >= 11 is 6.48. The Morgan fingerprint density at radius 3 is 2.50 bits per heavy atom. The zero-order valence-electron chi connectivity index (χ0n) is 9.54. The molecule has 8 heteroatoms. The molecule has 0 aliphatic carbocycles. The van der Waals surface area contributed by atoms with Crippen molar-refractivity contribution in [2.24, 2.45) is 5.73 Å². The Bertz CT molecular complexity index is 573. The van der Waals surface area contributed by atoms with Crippen LogP contribution >= 0.6 is 31.9 Å². The largest absolute Gasteiger partial charge is 0.370 e. The summed E-state index contributed by atoms with van der Waals surface area (Å²) < 4.78 is 27.4. The molecule has 1 rings (SSSR count). The van der Waals surface area contributed by atoms with Crippen molar-refractivity contribution in [1.29, 1.82) is 0 Å². The molecule has 0 heterocycles. The van der Waals surface area contributed by atoms with E-state index in [2.05, 4.69) is 36.6 Å². The average molecular weight is 400 g/mol. The summed E-state index contributed by atoms with van der Waals surface area (Å²) in [5.74, 6) is -0.554. The predicted octanol–water partition coefficient (Wildman–Crippen LogP) is 1.67.